The maximum Gasteiger partial charge on any atom is 0.169 e. The predicted molar refractivity (Wildman–Crippen MR) is 84.3 cm³/mol. The Morgan fingerprint density at radius 2 is 1.91 bits per heavy atom. The van der Waals surface area contributed by atoms with Crippen molar-refractivity contribution >= 4 is 18.2 Å². The van der Waals surface area contributed by atoms with Crippen LogP contribution in [0.3, 0.4) is 0 Å². The van der Waals surface area contributed by atoms with Crippen molar-refractivity contribution in [2.24, 2.45) is 0 Å². The molecule has 1 saturated heterocycles. The second-order valence-corrected chi connectivity index (χ2v) is 4.91. The molecule has 22 heavy (non-hydrogen) atoms. The van der Waals surface area contributed by atoms with Gasteiger partial charge in [0.25, 0.3) is 0 Å². The van der Waals surface area contributed by atoms with E-state index in [9.17, 15) is 4.39 Å². The van der Waals surface area contributed by atoms with Gasteiger partial charge in [-0.2, -0.15) is 0 Å². The molecule has 0 bridgehead atoms. The molecule has 1 fully saturated rings. The summed E-state index contributed by atoms with van der Waals surface area (Å²) in [7, 11) is 0. The Balaban J connectivity index is 0.00000176. The van der Waals surface area contributed by atoms with E-state index in [1.54, 1.807) is 23.0 Å². The molecular formula is C14H19ClFN5O. The number of nitrogens with zero attached hydrogens (tertiary/aromatic N) is 4. The molecule has 6 nitrogen and oxygen atoms in total. The van der Waals surface area contributed by atoms with Crippen molar-refractivity contribution in [1.82, 2.24) is 19.9 Å². The maximum atomic E-state index is 12.9. The van der Waals surface area contributed by atoms with Crippen molar-refractivity contribution in [2.75, 3.05) is 44.7 Å². The quantitative estimate of drug-likeness (QED) is 0.903. The fraction of sp³-hybridized carbons (Fsp3) is 0.429. The van der Waals surface area contributed by atoms with Crippen LogP contribution in [0, 0.1) is 5.82 Å². The van der Waals surface area contributed by atoms with Gasteiger partial charge in [0, 0.05) is 26.2 Å². The second-order valence-electron chi connectivity index (χ2n) is 4.91. The summed E-state index contributed by atoms with van der Waals surface area (Å²) in [6.07, 6.45) is 1.80. The number of anilines is 1. The lowest BCUT2D eigenvalue weighted by atomic mass is 10.3. The van der Waals surface area contributed by atoms with E-state index in [2.05, 4.69) is 20.5 Å². The Hall–Kier alpha value is -1.70. The van der Waals surface area contributed by atoms with E-state index in [4.69, 9.17) is 4.74 Å². The first kappa shape index (κ1) is 16.7. The first-order valence-electron chi connectivity index (χ1n) is 7.03. The number of nitrogens with one attached hydrogen (secondary N) is 1. The Labute approximate surface area is 134 Å². The van der Waals surface area contributed by atoms with Gasteiger partial charge in [0.1, 0.15) is 5.82 Å². The highest BCUT2D eigenvalue weighted by molar-refractivity contribution is 5.85. The van der Waals surface area contributed by atoms with Gasteiger partial charge in [-0.25, -0.2) is 9.07 Å². The van der Waals surface area contributed by atoms with Gasteiger partial charge in [0.05, 0.1) is 25.1 Å². The summed E-state index contributed by atoms with van der Waals surface area (Å²) in [4.78, 5) is 2.35. The summed E-state index contributed by atoms with van der Waals surface area (Å²) in [5.41, 5.74) is 0.783. The zero-order valence-corrected chi connectivity index (χ0v) is 12.9. The third kappa shape index (κ3) is 4.40. The van der Waals surface area contributed by atoms with E-state index in [0.29, 0.717) is 5.82 Å². The third-order valence-electron chi connectivity index (χ3n) is 3.42. The molecular weight excluding hydrogens is 309 g/mol. The van der Waals surface area contributed by atoms with E-state index in [-0.39, 0.29) is 18.2 Å². The minimum absolute atomic E-state index is 0. The lowest BCUT2D eigenvalue weighted by molar-refractivity contribution is 0.0398. The molecule has 1 aliphatic rings. The maximum absolute atomic E-state index is 12.9. The zero-order valence-electron chi connectivity index (χ0n) is 12.1. The predicted octanol–water partition coefficient (Wildman–Crippen LogP) is 1.57. The number of hydrogen-bond donors (Lipinski definition) is 1. The molecule has 1 aromatic carbocycles. The highest BCUT2D eigenvalue weighted by Gasteiger charge is 2.09. The topological polar surface area (TPSA) is 55.2 Å². The molecule has 1 aliphatic heterocycles. The second kappa shape index (κ2) is 8.07. The number of aromatic nitrogens is 3. The van der Waals surface area contributed by atoms with Gasteiger partial charge in [-0.3, -0.25) is 4.90 Å². The molecule has 8 heteroatoms. The molecule has 1 N–H and O–H groups in total. The molecule has 0 unspecified atom stereocenters. The van der Waals surface area contributed by atoms with Crippen LogP contribution in [0.5, 0.6) is 0 Å². The van der Waals surface area contributed by atoms with Crippen LogP contribution < -0.4 is 5.32 Å². The summed E-state index contributed by atoms with van der Waals surface area (Å²) in [5.74, 6) is 0.454. The van der Waals surface area contributed by atoms with Gasteiger partial charge < -0.3 is 10.1 Å². The standard InChI is InChI=1S/C14H18FN5O.ClH/c15-12-1-3-13(4-2-12)20-11-14(17-18-20)16-5-6-19-7-9-21-10-8-19;/h1-4,11,16H,5-10H2;1H. The summed E-state index contributed by atoms with van der Waals surface area (Å²) in [5, 5.41) is 11.3. The molecule has 0 amide bonds. The Kier molecular flexibility index (Phi) is 6.11. The SMILES string of the molecule is Cl.Fc1ccc(-n2cc(NCCN3CCOCC3)nn2)cc1. The van der Waals surface area contributed by atoms with E-state index in [0.717, 1.165) is 45.1 Å². The normalized spacial score (nSPS) is 15.3. The Morgan fingerprint density at radius 1 is 1.18 bits per heavy atom. The molecule has 0 radical (unpaired) electrons. The minimum Gasteiger partial charge on any atom is -0.379 e. The Morgan fingerprint density at radius 3 is 2.64 bits per heavy atom. The number of rotatable bonds is 5. The highest BCUT2D eigenvalue weighted by Crippen LogP contribution is 2.10. The van der Waals surface area contributed by atoms with Gasteiger partial charge in [-0.1, -0.05) is 5.21 Å². The number of halogens is 2. The third-order valence-corrected chi connectivity index (χ3v) is 3.42. The zero-order chi connectivity index (χ0) is 14.5. The first-order chi connectivity index (χ1) is 10.3. The minimum atomic E-state index is -0.261. The van der Waals surface area contributed by atoms with Crippen molar-refractivity contribution in [1.29, 1.82) is 0 Å². The molecule has 0 spiro atoms. The van der Waals surface area contributed by atoms with Crippen molar-refractivity contribution in [3.8, 4) is 5.69 Å². The van der Waals surface area contributed by atoms with Crippen LogP contribution in [0.2, 0.25) is 0 Å². The summed E-state index contributed by atoms with van der Waals surface area (Å²) in [6.45, 7) is 5.32. The van der Waals surface area contributed by atoms with Gasteiger partial charge >= 0.3 is 0 Å². The smallest absolute Gasteiger partial charge is 0.169 e. The van der Waals surface area contributed by atoms with Gasteiger partial charge in [0.15, 0.2) is 5.82 Å². The average molecular weight is 328 g/mol. The average Bonchev–Trinajstić information content (AvgIpc) is 2.98. The van der Waals surface area contributed by atoms with Crippen LogP contribution in [0.25, 0.3) is 5.69 Å². The summed E-state index contributed by atoms with van der Waals surface area (Å²) < 4.78 is 19.8. The van der Waals surface area contributed by atoms with E-state index >= 15 is 0 Å². The first-order valence-corrected chi connectivity index (χ1v) is 7.03. The number of benzene rings is 1. The molecule has 2 aromatic rings. The molecule has 0 saturated carbocycles. The molecule has 0 aliphatic carbocycles. The molecule has 120 valence electrons. The molecule has 0 atom stereocenters. The van der Waals surface area contributed by atoms with Crippen LogP contribution in [-0.2, 0) is 4.74 Å². The fourth-order valence-corrected chi connectivity index (χ4v) is 2.23. The lowest BCUT2D eigenvalue weighted by Crippen LogP contribution is -2.39. The van der Waals surface area contributed by atoms with E-state index in [1.807, 2.05) is 0 Å². The summed E-state index contributed by atoms with van der Waals surface area (Å²) >= 11 is 0. The molecule has 2 heterocycles. The van der Waals surface area contributed by atoms with Crippen molar-refractivity contribution < 1.29 is 9.13 Å². The molecule has 3 rings (SSSR count). The van der Waals surface area contributed by atoms with Gasteiger partial charge in [-0.05, 0) is 24.3 Å². The van der Waals surface area contributed by atoms with Crippen molar-refractivity contribution in [2.45, 2.75) is 0 Å². The molecule has 1 aromatic heterocycles. The van der Waals surface area contributed by atoms with Crippen LogP contribution in [-0.4, -0.2) is 59.3 Å². The fourth-order valence-electron chi connectivity index (χ4n) is 2.23. The summed E-state index contributed by atoms with van der Waals surface area (Å²) in [6, 6.07) is 6.15. The van der Waals surface area contributed by atoms with E-state index in [1.165, 1.54) is 12.1 Å². The van der Waals surface area contributed by atoms with Gasteiger partial charge in [0.2, 0.25) is 0 Å². The van der Waals surface area contributed by atoms with Crippen LogP contribution in [0.1, 0.15) is 0 Å². The van der Waals surface area contributed by atoms with Crippen LogP contribution >= 0.6 is 12.4 Å². The largest absolute Gasteiger partial charge is 0.379 e. The Bertz CT molecular complexity index is 571. The van der Waals surface area contributed by atoms with Crippen LogP contribution in [0.15, 0.2) is 30.5 Å². The number of ether oxygens (including phenoxy) is 1. The van der Waals surface area contributed by atoms with E-state index < -0.39 is 0 Å². The lowest BCUT2D eigenvalue weighted by Gasteiger charge is -2.26. The van der Waals surface area contributed by atoms with Gasteiger partial charge in [-0.15, -0.1) is 17.5 Å². The van der Waals surface area contributed by atoms with Crippen molar-refractivity contribution in [3.63, 3.8) is 0 Å². The number of hydrogen-bond acceptors (Lipinski definition) is 5. The number of morpholine rings is 1. The monoisotopic (exact) mass is 327 g/mol. The highest BCUT2D eigenvalue weighted by atomic mass is 35.5. The van der Waals surface area contributed by atoms with Crippen LogP contribution in [0.4, 0.5) is 10.2 Å². The van der Waals surface area contributed by atoms with Crippen molar-refractivity contribution in [3.05, 3.63) is 36.3 Å².